The predicted octanol–water partition coefficient (Wildman–Crippen LogP) is 0.392. The van der Waals surface area contributed by atoms with Gasteiger partial charge in [0.05, 0.1) is 25.1 Å². The Balaban J connectivity index is 1.75. The highest BCUT2D eigenvalue weighted by Gasteiger charge is 2.44. The number of nitrogens with one attached hydrogen (secondary N) is 2. The van der Waals surface area contributed by atoms with Crippen molar-refractivity contribution in [3.8, 4) is 0 Å². The summed E-state index contributed by atoms with van der Waals surface area (Å²) in [6, 6.07) is -2.35. The lowest BCUT2D eigenvalue weighted by molar-refractivity contribution is -0.155. The molecule has 3 heterocycles. The van der Waals surface area contributed by atoms with Gasteiger partial charge in [0.25, 0.3) is 0 Å². The number of carbonyl (C=O) groups is 7. The number of methoxy groups -OCH3 is 1. The number of aliphatic carboxylic acids is 1. The van der Waals surface area contributed by atoms with E-state index in [1.807, 2.05) is 0 Å². The molecule has 2 fully saturated rings. The minimum atomic E-state index is -1.61. The van der Waals surface area contributed by atoms with Gasteiger partial charge in [-0.25, -0.2) is 34.8 Å². The minimum absolute atomic E-state index is 0.0510. The van der Waals surface area contributed by atoms with Gasteiger partial charge < -0.3 is 19.9 Å². The third-order valence-electron chi connectivity index (χ3n) is 5.61. The Kier molecular flexibility index (Phi) is 9.46. The van der Waals surface area contributed by atoms with E-state index < -0.39 is 66.8 Å². The molecule has 2 aliphatic heterocycles. The first kappa shape index (κ1) is 28.6. The number of carbonyl (C=O) groups excluding carboxylic acids is 6. The summed E-state index contributed by atoms with van der Waals surface area (Å²) in [5.41, 5.74) is 2.18. The highest BCUT2D eigenvalue weighted by Crippen LogP contribution is 2.24. The summed E-state index contributed by atoms with van der Waals surface area (Å²) in [5.74, 6) is -4.63. The maximum absolute atomic E-state index is 13.2. The van der Waals surface area contributed by atoms with Crippen LogP contribution < -0.4 is 10.7 Å². The first-order valence-corrected chi connectivity index (χ1v) is 12.5. The number of fused-ring (bicyclic) bond motifs is 1. The molecule has 5 amide bonds. The second-order valence-electron chi connectivity index (χ2n) is 8.11. The average molecular weight is 574 g/mol. The van der Waals surface area contributed by atoms with Crippen molar-refractivity contribution in [2.45, 2.75) is 37.8 Å². The number of esters is 1. The van der Waals surface area contributed by atoms with Crippen molar-refractivity contribution in [2.75, 3.05) is 26.8 Å². The van der Waals surface area contributed by atoms with Crippen LogP contribution in [-0.2, 0) is 28.7 Å². The fourth-order valence-corrected chi connectivity index (χ4v) is 4.83. The molecular weight excluding hydrogens is 550 g/mol. The van der Waals surface area contributed by atoms with Gasteiger partial charge in [-0.15, -0.1) is 11.3 Å². The number of hydrazine groups is 2. The molecule has 2 saturated heterocycles. The zero-order valence-electron chi connectivity index (χ0n) is 20.0. The highest BCUT2D eigenvalue weighted by molar-refractivity contribution is 7.12. The van der Waals surface area contributed by atoms with E-state index in [2.05, 4.69) is 15.5 Å². The van der Waals surface area contributed by atoms with Crippen LogP contribution in [0.2, 0.25) is 5.02 Å². The van der Waals surface area contributed by atoms with E-state index >= 15 is 0 Å². The Morgan fingerprint density at radius 2 is 1.97 bits per heavy atom. The number of ether oxygens (including phenoxy) is 2. The average Bonchev–Trinajstić information content (AvgIpc) is 3.28. The number of ketones is 1. The van der Waals surface area contributed by atoms with E-state index in [4.69, 9.17) is 16.3 Å². The quantitative estimate of drug-likeness (QED) is 0.348. The van der Waals surface area contributed by atoms with Gasteiger partial charge in [0.2, 0.25) is 11.8 Å². The molecule has 17 heteroatoms. The summed E-state index contributed by atoms with van der Waals surface area (Å²) < 4.78 is 9.42. The second-order valence-corrected chi connectivity index (χ2v) is 9.43. The van der Waals surface area contributed by atoms with Crippen molar-refractivity contribution in [1.29, 1.82) is 0 Å². The third kappa shape index (κ3) is 6.69. The molecule has 0 saturated carbocycles. The van der Waals surface area contributed by atoms with Gasteiger partial charge in [-0.1, -0.05) is 11.6 Å². The zero-order chi connectivity index (χ0) is 28.0. The molecular formula is C21H24ClN5O10S. The number of carboxylic acid groups (broad SMARTS) is 1. The van der Waals surface area contributed by atoms with Gasteiger partial charge in [-0.2, -0.15) is 0 Å². The standard InChI is InChI=1S/C21H24ClN5O10S/c1-36-20(34)24-25-7-4-15(29)26-6-2-3-13(27(26)21(25)35)18(32)23-12(9-16(30)31)14(28)10-37-19(33)17-11(22)5-8-38-17/h5,8,12-13H,2-4,6-7,9-10H2,1H3,(H,23,32)(H,24,34)(H,30,31)/t12-,13-/m0/s1. The summed E-state index contributed by atoms with van der Waals surface area (Å²) in [6.07, 6.45) is -1.55. The molecule has 0 radical (unpaired) electrons. The number of rotatable bonds is 9. The Morgan fingerprint density at radius 3 is 2.61 bits per heavy atom. The van der Waals surface area contributed by atoms with Crippen molar-refractivity contribution in [3.63, 3.8) is 0 Å². The monoisotopic (exact) mass is 573 g/mol. The van der Waals surface area contributed by atoms with Crippen LogP contribution >= 0.6 is 22.9 Å². The fraction of sp³-hybridized carbons (Fsp3) is 0.476. The normalized spacial score (nSPS) is 18.2. The summed E-state index contributed by atoms with van der Waals surface area (Å²) in [4.78, 5) is 87.0. The van der Waals surface area contributed by atoms with Crippen LogP contribution in [-0.4, -0.2) is 101 Å². The molecule has 206 valence electrons. The topological polar surface area (TPSA) is 192 Å². The van der Waals surface area contributed by atoms with E-state index in [9.17, 15) is 38.7 Å². The molecule has 0 aromatic carbocycles. The van der Waals surface area contributed by atoms with Gasteiger partial charge >= 0.3 is 24.1 Å². The lowest BCUT2D eigenvalue weighted by Crippen LogP contribution is -2.65. The van der Waals surface area contributed by atoms with Crippen LogP contribution in [0, 0.1) is 0 Å². The summed E-state index contributed by atoms with van der Waals surface area (Å²) in [7, 11) is 1.08. The molecule has 0 aliphatic carbocycles. The Bertz CT molecular complexity index is 1140. The van der Waals surface area contributed by atoms with Crippen molar-refractivity contribution >= 4 is 64.6 Å². The van der Waals surface area contributed by atoms with Crippen LogP contribution in [0.5, 0.6) is 0 Å². The Hall–Kier alpha value is -3.92. The number of halogens is 1. The van der Waals surface area contributed by atoms with Crippen LogP contribution in [0.1, 0.15) is 35.4 Å². The molecule has 0 spiro atoms. The summed E-state index contributed by atoms with van der Waals surface area (Å²) in [6.45, 7) is -0.910. The number of hydrogen-bond donors (Lipinski definition) is 3. The number of thiophene rings is 1. The number of hydrogen-bond acceptors (Lipinski definition) is 10. The first-order chi connectivity index (χ1) is 18.0. The second kappa shape index (κ2) is 12.6. The van der Waals surface area contributed by atoms with Crippen molar-refractivity contribution in [2.24, 2.45) is 0 Å². The number of carboxylic acids is 1. The Labute approximate surface area is 224 Å². The van der Waals surface area contributed by atoms with E-state index in [0.29, 0.717) is 6.42 Å². The van der Waals surface area contributed by atoms with Gasteiger partial charge in [-0.3, -0.25) is 19.2 Å². The van der Waals surface area contributed by atoms with Gasteiger partial charge in [0.1, 0.15) is 17.0 Å². The number of amides is 5. The van der Waals surface area contributed by atoms with Crippen LogP contribution in [0.4, 0.5) is 9.59 Å². The summed E-state index contributed by atoms with van der Waals surface area (Å²) >= 11 is 6.85. The molecule has 38 heavy (non-hydrogen) atoms. The minimum Gasteiger partial charge on any atom is -0.481 e. The number of Topliss-reactive ketones (excluding diaryl/α,β-unsaturated/α-hetero) is 1. The van der Waals surface area contributed by atoms with Crippen LogP contribution in [0.15, 0.2) is 11.4 Å². The molecule has 2 atom stereocenters. The maximum Gasteiger partial charge on any atom is 0.425 e. The maximum atomic E-state index is 13.2. The van der Waals surface area contributed by atoms with E-state index in [1.165, 1.54) is 6.07 Å². The largest absolute Gasteiger partial charge is 0.481 e. The van der Waals surface area contributed by atoms with E-state index in [0.717, 1.165) is 33.5 Å². The van der Waals surface area contributed by atoms with Crippen molar-refractivity contribution in [1.82, 2.24) is 25.8 Å². The molecule has 0 unspecified atom stereocenters. The molecule has 2 aliphatic rings. The first-order valence-electron chi connectivity index (χ1n) is 11.2. The third-order valence-corrected chi connectivity index (χ3v) is 6.93. The molecule has 1 aromatic heterocycles. The lowest BCUT2D eigenvalue weighted by Gasteiger charge is -2.42. The SMILES string of the molecule is COC(=O)NN1CCC(=O)N2CCC[C@@H](C(=O)N[C@@H](CC(=O)O)C(=O)COC(=O)c3sccc3Cl)N2C1=O. The van der Waals surface area contributed by atoms with E-state index in [1.54, 1.807) is 5.38 Å². The molecule has 3 rings (SSSR count). The molecule has 1 aromatic rings. The fourth-order valence-electron chi connectivity index (χ4n) is 3.80. The smallest absolute Gasteiger partial charge is 0.425 e. The Morgan fingerprint density at radius 1 is 1.24 bits per heavy atom. The number of nitrogens with zero attached hydrogens (tertiary/aromatic N) is 3. The van der Waals surface area contributed by atoms with Gasteiger partial charge in [0.15, 0.2) is 12.4 Å². The predicted molar refractivity (Wildman–Crippen MR) is 128 cm³/mol. The zero-order valence-corrected chi connectivity index (χ0v) is 21.6. The van der Waals surface area contributed by atoms with Crippen LogP contribution in [0.25, 0.3) is 0 Å². The molecule has 3 N–H and O–H groups in total. The van der Waals surface area contributed by atoms with Crippen molar-refractivity contribution in [3.05, 3.63) is 21.3 Å². The summed E-state index contributed by atoms with van der Waals surface area (Å²) in [5, 5.41) is 16.0. The molecule has 0 bridgehead atoms. The van der Waals surface area contributed by atoms with Crippen molar-refractivity contribution < 1.29 is 48.1 Å². The highest BCUT2D eigenvalue weighted by atomic mass is 35.5. The lowest BCUT2D eigenvalue weighted by atomic mass is 10.0. The number of urea groups is 1. The van der Waals surface area contributed by atoms with Crippen LogP contribution in [0.3, 0.4) is 0 Å². The molecule has 15 nitrogen and oxygen atoms in total. The van der Waals surface area contributed by atoms with E-state index in [-0.39, 0.29) is 35.8 Å². The van der Waals surface area contributed by atoms with Gasteiger partial charge in [-0.05, 0) is 24.3 Å². The van der Waals surface area contributed by atoms with Gasteiger partial charge in [0, 0.05) is 13.0 Å².